The molecule has 5 amide bonds. The van der Waals surface area contributed by atoms with Crippen LogP contribution in [0.2, 0.25) is 5.02 Å². The van der Waals surface area contributed by atoms with Crippen LogP contribution >= 0.6 is 11.6 Å². The van der Waals surface area contributed by atoms with Crippen molar-refractivity contribution in [3.05, 3.63) is 92.5 Å². The molecule has 5 aliphatic heterocycles. The lowest BCUT2D eigenvalue weighted by Crippen LogP contribution is -2.54. The summed E-state index contributed by atoms with van der Waals surface area (Å²) in [5, 5.41) is 15.5. The van der Waals surface area contributed by atoms with Crippen LogP contribution in [0.1, 0.15) is 112 Å². The number of anilines is 2. The summed E-state index contributed by atoms with van der Waals surface area (Å²) in [6.45, 7) is 6.43. The van der Waals surface area contributed by atoms with Crippen LogP contribution in [-0.4, -0.2) is 83.1 Å². The second-order valence-electron chi connectivity index (χ2n) is 16.7. The van der Waals surface area contributed by atoms with Gasteiger partial charge in [0, 0.05) is 74.2 Å². The average molecular weight is 788 g/mol. The Morgan fingerprint density at radius 2 is 1.56 bits per heavy atom. The van der Waals surface area contributed by atoms with Crippen molar-refractivity contribution in [2.45, 2.75) is 102 Å². The highest BCUT2D eigenvalue weighted by Gasteiger charge is 2.45. The summed E-state index contributed by atoms with van der Waals surface area (Å²) in [6.07, 6.45) is 6.99. The zero-order valence-corrected chi connectivity index (χ0v) is 32.8. The van der Waals surface area contributed by atoms with Crippen molar-refractivity contribution in [1.82, 2.24) is 20.4 Å². The number of nitriles is 1. The van der Waals surface area contributed by atoms with Crippen LogP contribution in [0.3, 0.4) is 0 Å². The van der Waals surface area contributed by atoms with Crippen LogP contribution in [0.5, 0.6) is 0 Å². The highest BCUT2D eigenvalue weighted by Crippen LogP contribution is 2.42. The Labute approximate surface area is 337 Å². The minimum absolute atomic E-state index is 0.0309. The molecule has 9 rings (SSSR count). The number of piperidine rings is 2. The maximum Gasteiger partial charge on any atom is 0.262 e. The smallest absolute Gasteiger partial charge is 0.262 e. The molecular weight excluding hydrogens is 742 g/mol. The number of halogens is 1. The van der Waals surface area contributed by atoms with Gasteiger partial charge in [0.25, 0.3) is 17.7 Å². The maximum atomic E-state index is 13.3. The van der Waals surface area contributed by atoms with E-state index in [0.29, 0.717) is 58.4 Å². The number of fused-ring (bicyclic) bond motifs is 3. The summed E-state index contributed by atoms with van der Waals surface area (Å²) in [7, 11) is 0. The molecule has 13 heteroatoms. The molecule has 2 atom stereocenters. The van der Waals surface area contributed by atoms with Crippen molar-refractivity contribution in [2.75, 3.05) is 29.4 Å². The second-order valence-corrected chi connectivity index (χ2v) is 17.1. The average Bonchev–Trinajstić information content (AvgIpc) is 3.85. The van der Waals surface area contributed by atoms with Crippen LogP contribution in [0.4, 0.5) is 11.4 Å². The van der Waals surface area contributed by atoms with Crippen LogP contribution in [0.25, 0.3) is 0 Å². The van der Waals surface area contributed by atoms with E-state index in [9.17, 15) is 29.2 Å². The summed E-state index contributed by atoms with van der Waals surface area (Å²) in [4.78, 5) is 72.3. The number of hydrogen-bond donors (Lipinski definition) is 2. The topological polar surface area (TPSA) is 146 Å². The maximum absolute atomic E-state index is 13.3. The summed E-state index contributed by atoms with van der Waals surface area (Å²) >= 11 is 6.58. The van der Waals surface area contributed by atoms with Gasteiger partial charge >= 0.3 is 0 Å². The van der Waals surface area contributed by atoms with Gasteiger partial charge in [0.2, 0.25) is 11.8 Å². The van der Waals surface area contributed by atoms with Gasteiger partial charge in [-0.25, -0.2) is 0 Å². The molecule has 5 heterocycles. The summed E-state index contributed by atoms with van der Waals surface area (Å²) in [5.41, 5.74) is 7.31. The van der Waals surface area contributed by atoms with Gasteiger partial charge in [-0.2, -0.15) is 5.26 Å². The third-order valence-corrected chi connectivity index (χ3v) is 13.6. The molecule has 0 bridgehead atoms. The fourth-order valence-corrected chi connectivity index (χ4v) is 10.5. The Bertz CT molecular complexity index is 2180. The lowest BCUT2D eigenvalue weighted by atomic mass is 9.89. The van der Waals surface area contributed by atoms with Crippen LogP contribution in [0.15, 0.2) is 48.5 Å². The molecule has 0 spiro atoms. The molecule has 6 aliphatic rings. The number of imide groups is 2. The predicted molar refractivity (Wildman–Crippen MR) is 214 cm³/mol. The molecule has 294 valence electrons. The minimum atomic E-state index is -0.960. The van der Waals surface area contributed by atoms with E-state index in [-0.39, 0.29) is 30.7 Å². The fourth-order valence-electron chi connectivity index (χ4n) is 10.2. The van der Waals surface area contributed by atoms with Gasteiger partial charge in [0.1, 0.15) is 12.1 Å². The largest absolute Gasteiger partial charge is 0.372 e. The number of carbonyl (C=O) groups excluding carboxylic acids is 5. The van der Waals surface area contributed by atoms with Crippen molar-refractivity contribution in [1.29, 1.82) is 5.26 Å². The monoisotopic (exact) mass is 787 g/mol. The normalized spacial score (nSPS) is 25.0. The first-order valence-electron chi connectivity index (χ1n) is 20.3. The van der Waals surface area contributed by atoms with Gasteiger partial charge in [-0.1, -0.05) is 11.6 Å². The molecule has 0 radical (unpaired) electrons. The molecule has 57 heavy (non-hydrogen) atoms. The zero-order chi connectivity index (χ0) is 39.5. The first kappa shape index (κ1) is 37.3. The van der Waals surface area contributed by atoms with Crippen molar-refractivity contribution >= 4 is 52.5 Å². The zero-order valence-electron chi connectivity index (χ0n) is 32.1. The molecule has 2 saturated heterocycles. The van der Waals surface area contributed by atoms with Gasteiger partial charge in [0.05, 0.1) is 21.7 Å². The van der Waals surface area contributed by atoms with Crippen molar-refractivity contribution < 1.29 is 24.0 Å². The Balaban J connectivity index is 0.733. The fraction of sp³-hybridized carbons (Fsp3) is 0.455. The Morgan fingerprint density at radius 1 is 0.895 bits per heavy atom. The number of hydrogen-bond acceptors (Lipinski definition) is 9. The third kappa shape index (κ3) is 6.84. The first-order chi connectivity index (χ1) is 27.6. The molecule has 3 fully saturated rings. The Hall–Kier alpha value is -5.25. The van der Waals surface area contributed by atoms with E-state index < -0.39 is 23.8 Å². The molecule has 2 N–H and O–H groups in total. The van der Waals surface area contributed by atoms with E-state index in [1.165, 1.54) is 0 Å². The molecule has 1 aliphatic carbocycles. The van der Waals surface area contributed by atoms with E-state index in [1.54, 1.807) is 0 Å². The number of benzene rings is 3. The number of nitrogens with zero attached hydrogens (tertiary/aromatic N) is 5. The molecule has 3 aromatic rings. The number of nitrogens with one attached hydrogen (secondary N) is 2. The van der Waals surface area contributed by atoms with Crippen LogP contribution < -0.4 is 20.4 Å². The van der Waals surface area contributed by atoms with Gasteiger partial charge in [-0.05, 0) is 129 Å². The van der Waals surface area contributed by atoms with E-state index in [4.69, 9.17) is 11.6 Å². The van der Waals surface area contributed by atoms with Crippen LogP contribution in [0, 0.1) is 17.2 Å². The summed E-state index contributed by atoms with van der Waals surface area (Å²) in [6, 6.07) is 17.6. The van der Waals surface area contributed by atoms with Gasteiger partial charge in [-0.3, -0.25) is 39.1 Å². The van der Waals surface area contributed by atoms with Gasteiger partial charge < -0.3 is 15.1 Å². The van der Waals surface area contributed by atoms with E-state index >= 15 is 0 Å². The molecule has 1 unspecified atom stereocenters. The Kier molecular flexibility index (Phi) is 9.77. The number of amides is 5. The van der Waals surface area contributed by atoms with E-state index in [1.807, 2.05) is 36.4 Å². The number of rotatable bonds is 7. The first-order valence-corrected chi connectivity index (χ1v) is 20.7. The minimum Gasteiger partial charge on any atom is -0.372 e. The highest BCUT2D eigenvalue weighted by molar-refractivity contribution is 6.33. The highest BCUT2D eigenvalue weighted by atomic mass is 35.5. The molecule has 1 saturated carbocycles. The molecule has 12 nitrogen and oxygen atoms in total. The lowest BCUT2D eigenvalue weighted by Gasteiger charge is -2.39. The van der Waals surface area contributed by atoms with Gasteiger partial charge in [-0.15, -0.1) is 0 Å². The lowest BCUT2D eigenvalue weighted by molar-refractivity contribution is -0.136. The molecule has 0 aromatic heterocycles. The van der Waals surface area contributed by atoms with Crippen molar-refractivity contribution in [2.24, 2.45) is 5.92 Å². The quantitative estimate of drug-likeness (QED) is 0.303. The Morgan fingerprint density at radius 3 is 2.19 bits per heavy atom. The standard InChI is InChI=1S/C44H46ClN7O5/c1-25-18-36-37(11-4-28(21-46)40(36)45)51(25)33-9-5-31(6-10-33)47-41(54)27-2-7-32(8-3-27)50-16-14-26(15-17-50)22-49-23-29-19-34-35(20-30(29)24-49)44(57)52(43(34)56)38-12-13-39(53)48-42(38)55/h2-4,7-8,11,19-20,25-26,31,33,38H,5-6,9-10,12-18,22-24H2,1H3,(H,47,54)(H,48,53,55)/t25-,31-,33-,38?/m0/s1. The molecule has 3 aromatic carbocycles. The summed E-state index contributed by atoms with van der Waals surface area (Å²) < 4.78 is 0. The predicted octanol–water partition coefficient (Wildman–Crippen LogP) is 5.34. The van der Waals surface area contributed by atoms with Crippen molar-refractivity contribution in [3.8, 4) is 6.07 Å². The van der Waals surface area contributed by atoms with E-state index in [2.05, 4.69) is 50.5 Å². The SMILES string of the molecule is C[C@H]1Cc2c(ccc(C#N)c2Cl)N1[C@H]1CC[C@H](NC(=O)c2ccc(N3CCC(CN4Cc5cc6c(cc5C4)C(=O)N(C4CCC(=O)NC4=O)C6=O)CC3)cc2)CC1. The van der Waals surface area contributed by atoms with Gasteiger partial charge in [0.15, 0.2) is 0 Å². The third-order valence-electron chi connectivity index (χ3n) is 13.2. The second kappa shape index (κ2) is 14.9. The van der Waals surface area contributed by atoms with Crippen molar-refractivity contribution in [3.63, 3.8) is 0 Å². The van der Waals surface area contributed by atoms with E-state index in [0.717, 1.165) is 97.5 Å². The molecular formula is C44H46ClN7O5. The summed E-state index contributed by atoms with van der Waals surface area (Å²) in [5.74, 6) is -1.42. The number of carbonyl (C=O) groups is 5. The van der Waals surface area contributed by atoms with Crippen LogP contribution in [-0.2, 0) is 29.1 Å².